The molecule has 1 atom stereocenters. The first kappa shape index (κ1) is 14.5. The van der Waals surface area contributed by atoms with Crippen LogP contribution >= 0.6 is 15.9 Å². The monoisotopic (exact) mass is 338 g/mol. The molecule has 106 valence electrons. The highest BCUT2D eigenvalue weighted by Gasteiger charge is 2.32. The molecule has 19 heavy (non-hydrogen) atoms. The fourth-order valence-corrected chi connectivity index (χ4v) is 2.55. The Labute approximate surface area is 117 Å². The van der Waals surface area contributed by atoms with E-state index in [1.165, 1.54) is 6.07 Å². The summed E-state index contributed by atoms with van der Waals surface area (Å²) in [5.41, 5.74) is 0.779. The van der Waals surface area contributed by atoms with Gasteiger partial charge in [-0.05, 0) is 54.1 Å². The van der Waals surface area contributed by atoms with Gasteiger partial charge in [0, 0.05) is 18.3 Å². The van der Waals surface area contributed by atoms with E-state index >= 15 is 0 Å². The maximum atomic E-state index is 12.1. The zero-order chi connectivity index (χ0) is 14.0. The van der Waals surface area contributed by atoms with Crippen molar-refractivity contribution in [3.63, 3.8) is 0 Å². The van der Waals surface area contributed by atoms with Gasteiger partial charge in [0.1, 0.15) is 5.75 Å². The van der Waals surface area contributed by atoms with E-state index < -0.39 is 6.36 Å². The van der Waals surface area contributed by atoms with E-state index in [4.69, 9.17) is 0 Å². The zero-order valence-corrected chi connectivity index (χ0v) is 11.9. The molecule has 1 heterocycles. The minimum atomic E-state index is -4.67. The summed E-state index contributed by atoms with van der Waals surface area (Å²) in [7, 11) is 2.04. The molecule has 1 saturated heterocycles. The summed E-state index contributed by atoms with van der Waals surface area (Å²) in [5, 5.41) is 3.29. The number of halogens is 4. The van der Waals surface area contributed by atoms with Crippen LogP contribution in [0.2, 0.25) is 0 Å². The van der Waals surface area contributed by atoms with Gasteiger partial charge in [0.15, 0.2) is 0 Å². The molecule has 0 bridgehead atoms. The number of rotatable bonds is 3. The third-order valence-corrected chi connectivity index (χ3v) is 3.54. The Morgan fingerprint density at radius 3 is 2.68 bits per heavy atom. The Kier molecular flexibility index (Phi) is 4.25. The van der Waals surface area contributed by atoms with Crippen molar-refractivity contribution in [1.82, 2.24) is 4.90 Å². The quantitative estimate of drug-likeness (QED) is 0.913. The molecule has 0 spiro atoms. The van der Waals surface area contributed by atoms with Gasteiger partial charge in [0.25, 0.3) is 0 Å². The molecule has 2 rings (SSSR count). The predicted octanol–water partition coefficient (Wildman–Crippen LogP) is 3.46. The lowest BCUT2D eigenvalue weighted by molar-refractivity contribution is -0.274. The Hall–Kier alpha value is -0.950. The molecule has 1 aliphatic rings. The van der Waals surface area contributed by atoms with Crippen molar-refractivity contribution < 1.29 is 17.9 Å². The molecule has 7 heteroatoms. The van der Waals surface area contributed by atoms with E-state index in [0.717, 1.165) is 25.2 Å². The molecular weight excluding hydrogens is 325 g/mol. The van der Waals surface area contributed by atoms with Crippen molar-refractivity contribution in [2.24, 2.45) is 0 Å². The summed E-state index contributed by atoms with van der Waals surface area (Å²) in [6, 6.07) is 4.81. The SMILES string of the molecule is CN1CCC(Nc2ccc(OC(F)(F)F)c(Br)c2)C1. The number of likely N-dealkylation sites (N-methyl/N-ethyl adjacent to an activating group) is 1. The molecule has 0 amide bonds. The largest absolute Gasteiger partial charge is 0.573 e. The van der Waals surface area contributed by atoms with Gasteiger partial charge in [-0.15, -0.1) is 13.2 Å². The van der Waals surface area contributed by atoms with Crippen LogP contribution < -0.4 is 10.1 Å². The summed E-state index contributed by atoms with van der Waals surface area (Å²) in [5.74, 6) is -0.235. The maximum Gasteiger partial charge on any atom is 0.573 e. The normalized spacial score (nSPS) is 20.6. The second-order valence-corrected chi connectivity index (χ2v) is 5.44. The fourth-order valence-electron chi connectivity index (χ4n) is 2.09. The van der Waals surface area contributed by atoms with Crippen molar-refractivity contribution in [2.45, 2.75) is 18.8 Å². The highest BCUT2D eigenvalue weighted by Crippen LogP contribution is 2.32. The van der Waals surface area contributed by atoms with Crippen LogP contribution in [0.5, 0.6) is 5.75 Å². The van der Waals surface area contributed by atoms with Gasteiger partial charge in [-0.1, -0.05) is 0 Å². The van der Waals surface area contributed by atoms with E-state index in [1.54, 1.807) is 12.1 Å². The first-order chi connectivity index (χ1) is 8.83. The van der Waals surface area contributed by atoms with Crippen molar-refractivity contribution in [3.8, 4) is 5.75 Å². The average Bonchev–Trinajstić information content (AvgIpc) is 2.66. The lowest BCUT2D eigenvalue weighted by atomic mass is 10.2. The van der Waals surface area contributed by atoms with Crippen LogP contribution in [0.3, 0.4) is 0 Å². The van der Waals surface area contributed by atoms with Crippen LogP contribution in [0.25, 0.3) is 0 Å². The van der Waals surface area contributed by atoms with E-state index in [2.05, 4.69) is 30.9 Å². The van der Waals surface area contributed by atoms with Crippen LogP contribution in [0, 0.1) is 0 Å². The summed E-state index contributed by atoms with van der Waals surface area (Å²) >= 11 is 3.09. The summed E-state index contributed by atoms with van der Waals surface area (Å²) in [6.45, 7) is 1.95. The first-order valence-corrected chi connectivity index (χ1v) is 6.63. The average molecular weight is 339 g/mol. The standard InChI is InChI=1S/C12H14BrF3N2O/c1-18-5-4-9(7-18)17-8-2-3-11(10(13)6-8)19-12(14,15)16/h2-3,6,9,17H,4-5,7H2,1H3. The van der Waals surface area contributed by atoms with E-state index in [1.807, 2.05) is 7.05 Å². The van der Waals surface area contributed by atoms with Crippen molar-refractivity contribution in [2.75, 3.05) is 25.5 Å². The lowest BCUT2D eigenvalue weighted by Gasteiger charge is -2.16. The van der Waals surface area contributed by atoms with Crippen LogP contribution in [-0.4, -0.2) is 37.4 Å². The fraction of sp³-hybridized carbons (Fsp3) is 0.500. The van der Waals surface area contributed by atoms with E-state index in [-0.39, 0.29) is 10.2 Å². The minimum absolute atomic E-state index is 0.235. The lowest BCUT2D eigenvalue weighted by Crippen LogP contribution is -2.23. The summed E-state index contributed by atoms with van der Waals surface area (Å²) in [6.07, 6.45) is -3.65. The molecule has 1 aromatic carbocycles. The Morgan fingerprint density at radius 1 is 1.42 bits per heavy atom. The van der Waals surface area contributed by atoms with Crippen LogP contribution in [0.1, 0.15) is 6.42 Å². The Balaban J connectivity index is 2.02. The van der Waals surface area contributed by atoms with Crippen molar-refractivity contribution in [3.05, 3.63) is 22.7 Å². The molecule has 0 aliphatic carbocycles. The molecule has 1 N–H and O–H groups in total. The number of anilines is 1. The smallest absolute Gasteiger partial charge is 0.405 e. The van der Waals surface area contributed by atoms with Gasteiger partial charge in [-0.3, -0.25) is 0 Å². The highest BCUT2D eigenvalue weighted by molar-refractivity contribution is 9.10. The number of hydrogen-bond donors (Lipinski definition) is 1. The van der Waals surface area contributed by atoms with Crippen molar-refractivity contribution in [1.29, 1.82) is 0 Å². The van der Waals surface area contributed by atoms with Crippen molar-refractivity contribution >= 4 is 21.6 Å². The van der Waals surface area contributed by atoms with Gasteiger partial charge < -0.3 is 15.0 Å². The Morgan fingerprint density at radius 2 is 2.16 bits per heavy atom. The van der Waals surface area contributed by atoms with Gasteiger partial charge in [0.05, 0.1) is 4.47 Å². The second-order valence-electron chi connectivity index (χ2n) is 4.59. The van der Waals surface area contributed by atoms with Gasteiger partial charge in [0.2, 0.25) is 0 Å². The molecule has 1 aliphatic heterocycles. The molecule has 0 aromatic heterocycles. The predicted molar refractivity (Wildman–Crippen MR) is 70.3 cm³/mol. The molecule has 1 unspecified atom stereocenters. The first-order valence-electron chi connectivity index (χ1n) is 5.84. The molecule has 0 saturated carbocycles. The third kappa shape index (κ3) is 4.28. The molecular formula is C12H14BrF3N2O. The number of nitrogens with zero attached hydrogens (tertiary/aromatic N) is 1. The number of nitrogens with one attached hydrogen (secondary N) is 1. The van der Waals surface area contributed by atoms with Gasteiger partial charge in [-0.2, -0.15) is 0 Å². The molecule has 1 fully saturated rings. The summed E-state index contributed by atoms with van der Waals surface area (Å²) in [4.78, 5) is 2.20. The van der Waals surface area contributed by atoms with E-state index in [9.17, 15) is 13.2 Å². The number of alkyl halides is 3. The summed E-state index contributed by atoms with van der Waals surface area (Å²) < 4.78 is 40.6. The number of benzene rings is 1. The Bertz CT molecular complexity index is 453. The van der Waals surface area contributed by atoms with Crippen LogP contribution in [-0.2, 0) is 0 Å². The molecule has 0 radical (unpaired) electrons. The van der Waals surface area contributed by atoms with E-state index in [0.29, 0.717) is 6.04 Å². The zero-order valence-electron chi connectivity index (χ0n) is 10.3. The maximum absolute atomic E-state index is 12.1. The minimum Gasteiger partial charge on any atom is -0.405 e. The second kappa shape index (κ2) is 5.58. The number of ether oxygens (including phenoxy) is 1. The molecule has 1 aromatic rings. The number of hydrogen-bond acceptors (Lipinski definition) is 3. The third-order valence-electron chi connectivity index (χ3n) is 2.92. The topological polar surface area (TPSA) is 24.5 Å². The van der Waals surface area contributed by atoms with Gasteiger partial charge >= 0.3 is 6.36 Å². The van der Waals surface area contributed by atoms with Gasteiger partial charge in [-0.25, -0.2) is 0 Å². The van der Waals surface area contributed by atoms with Crippen LogP contribution in [0.4, 0.5) is 18.9 Å². The van der Waals surface area contributed by atoms with Crippen LogP contribution in [0.15, 0.2) is 22.7 Å². The molecule has 3 nitrogen and oxygen atoms in total. The highest BCUT2D eigenvalue weighted by atomic mass is 79.9. The number of likely N-dealkylation sites (tertiary alicyclic amines) is 1.